The fraction of sp³-hybridized carbons (Fsp3) is 0.185. The lowest BCUT2D eigenvalue weighted by atomic mass is 9.80. The minimum atomic E-state index is -0.0257. The Kier molecular flexibility index (Phi) is 8.53. The number of para-hydroxylation sites is 2. The van der Waals surface area contributed by atoms with E-state index in [-0.39, 0.29) is 5.41 Å². The van der Waals surface area contributed by atoms with Crippen LogP contribution in [-0.4, -0.2) is 7.11 Å². The van der Waals surface area contributed by atoms with Gasteiger partial charge in [0.05, 0.1) is 7.11 Å². The molecule has 0 radical (unpaired) electrons. The Hall–Kier alpha value is -2.79. The maximum Gasteiger partial charge on any atom is 0.138 e. The van der Waals surface area contributed by atoms with Crippen LogP contribution < -0.4 is 10.6 Å². The Morgan fingerprint density at radius 3 is 2.35 bits per heavy atom. The number of benzene rings is 3. The van der Waals surface area contributed by atoms with Crippen LogP contribution in [-0.2, 0) is 9.60 Å². The molecule has 0 heterocycles. The lowest BCUT2D eigenvalue weighted by Crippen LogP contribution is -2.71. The van der Waals surface area contributed by atoms with E-state index in [0.29, 0.717) is 0 Å². The fourth-order valence-corrected chi connectivity index (χ4v) is 3.89. The van der Waals surface area contributed by atoms with Gasteiger partial charge in [0.2, 0.25) is 0 Å². The molecule has 0 saturated carbocycles. The van der Waals surface area contributed by atoms with Gasteiger partial charge in [0, 0.05) is 40.5 Å². The smallest absolute Gasteiger partial charge is 0.138 e. The van der Waals surface area contributed by atoms with Crippen molar-refractivity contribution in [2.24, 2.45) is 0 Å². The van der Waals surface area contributed by atoms with E-state index >= 15 is 0 Å². The van der Waals surface area contributed by atoms with Gasteiger partial charge in [0.15, 0.2) is 0 Å². The van der Waals surface area contributed by atoms with Gasteiger partial charge in [0.25, 0.3) is 0 Å². The van der Waals surface area contributed by atoms with E-state index in [1.165, 1.54) is 29.0 Å². The number of anilines is 1. The second-order valence-corrected chi connectivity index (χ2v) is 8.91. The van der Waals surface area contributed by atoms with Crippen molar-refractivity contribution < 1.29 is 9.50 Å². The van der Waals surface area contributed by atoms with Gasteiger partial charge in [0.1, 0.15) is 11.4 Å². The molecule has 0 aliphatic carbocycles. The summed E-state index contributed by atoms with van der Waals surface area (Å²) in [6, 6.07) is 27.2. The summed E-state index contributed by atoms with van der Waals surface area (Å²) in [6.45, 7) is 4.59. The summed E-state index contributed by atoms with van der Waals surface area (Å²) < 4.78 is 5.29. The lowest BCUT2D eigenvalue weighted by molar-refractivity contribution is -0.479. The minimum absolute atomic E-state index is 0.0257. The molecule has 0 aliphatic rings. The van der Waals surface area contributed by atoms with Crippen LogP contribution in [0.1, 0.15) is 25.8 Å². The fourth-order valence-electron chi connectivity index (χ4n) is 3.41. The van der Waals surface area contributed by atoms with Crippen LogP contribution in [0, 0.1) is 0 Å². The van der Waals surface area contributed by atoms with E-state index in [9.17, 15) is 0 Å². The van der Waals surface area contributed by atoms with Crippen molar-refractivity contribution in [3.8, 4) is 0 Å². The van der Waals surface area contributed by atoms with E-state index in [0.717, 1.165) is 17.0 Å². The summed E-state index contributed by atoms with van der Waals surface area (Å²) in [6.07, 6.45) is 9.26. The van der Waals surface area contributed by atoms with E-state index in [2.05, 4.69) is 79.1 Å². The first-order valence-corrected chi connectivity index (χ1v) is 11.2. The van der Waals surface area contributed by atoms with Crippen molar-refractivity contribution in [2.45, 2.75) is 30.6 Å². The summed E-state index contributed by atoms with van der Waals surface area (Å²) in [4.78, 5) is 1.12. The van der Waals surface area contributed by atoms with E-state index in [1.807, 2.05) is 48.7 Å². The predicted octanol–water partition coefficient (Wildman–Crippen LogP) is 6.72. The zero-order chi connectivity index (χ0) is 21.9. The lowest BCUT2D eigenvalue weighted by Gasteiger charge is -2.25. The second kappa shape index (κ2) is 11.6. The maximum atomic E-state index is 5.29. The highest BCUT2D eigenvalue weighted by Crippen LogP contribution is 2.35. The van der Waals surface area contributed by atoms with Crippen LogP contribution in [0.2, 0.25) is 0 Å². The highest BCUT2D eigenvalue weighted by molar-refractivity contribution is 7.94. The molecule has 0 atom stereocenters. The third-order valence-electron chi connectivity index (χ3n) is 5.05. The van der Waals surface area contributed by atoms with Gasteiger partial charge < -0.3 is 9.50 Å². The minimum Gasteiger partial charge on any atom is -0.362 e. The monoisotopic (exact) mass is 431 g/mol. The van der Waals surface area contributed by atoms with E-state index in [1.54, 1.807) is 7.11 Å². The largest absolute Gasteiger partial charge is 0.362 e. The van der Waals surface area contributed by atoms with Gasteiger partial charge in [-0.05, 0) is 54.3 Å². The van der Waals surface area contributed by atoms with E-state index in [4.69, 9.17) is 4.18 Å². The SMILES string of the molecule is COSc1ccc([NH2+]c2ccccc2)c(C(C)(C)C/C=C/C=C/Nc2ccccc2)c1. The first kappa shape index (κ1) is 22.9. The highest BCUT2D eigenvalue weighted by Gasteiger charge is 2.25. The van der Waals surface area contributed by atoms with Crippen molar-refractivity contribution in [1.29, 1.82) is 0 Å². The Labute approximate surface area is 190 Å². The maximum absolute atomic E-state index is 5.29. The average Bonchev–Trinajstić information content (AvgIpc) is 2.79. The molecule has 0 spiro atoms. The molecule has 3 nitrogen and oxygen atoms in total. The Morgan fingerprint density at radius 2 is 1.65 bits per heavy atom. The van der Waals surface area contributed by atoms with Crippen LogP contribution >= 0.6 is 12.0 Å². The van der Waals surface area contributed by atoms with Gasteiger partial charge in [-0.1, -0.05) is 62.4 Å². The van der Waals surface area contributed by atoms with Crippen LogP contribution in [0.25, 0.3) is 0 Å². The molecule has 0 unspecified atom stereocenters. The predicted molar refractivity (Wildman–Crippen MR) is 133 cm³/mol. The van der Waals surface area contributed by atoms with Crippen LogP contribution in [0.15, 0.2) is 108 Å². The molecule has 3 rings (SSSR count). The molecule has 0 fully saturated rings. The van der Waals surface area contributed by atoms with Crippen molar-refractivity contribution >= 4 is 29.1 Å². The number of quaternary nitrogens is 1. The molecule has 0 bridgehead atoms. The molecule has 0 amide bonds. The summed E-state index contributed by atoms with van der Waals surface area (Å²) in [5.74, 6) is 0. The van der Waals surface area contributed by atoms with Crippen molar-refractivity contribution in [1.82, 2.24) is 0 Å². The molecule has 31 heavy (non-hydrogen) atoms. The van der Waals surface area contributed by atoms with Crippen LogP contribution in [0.4, 0.5) is 17.1 Å². The van der Waals surface area contributed by atoms with Crippen molar-refractivity contribution in [2.75, 3.05) is 12.4 Å². The zero-order valence-electron chi connectivity index (χ0n) is 18.4. The van der Waals surface area contributed by atoms with Gasteiger partial charge in [-0.15, -0.1) is 0 Å². The number of hydrogen-bond donors (Lipinski definition) is 2. The Morgan fingerprint density at radius 1 is 0.935 bits per heavy atom. The van der Waals surface area contributed by atoms with E-state index < -0.39 is 0 Å². The quantitative estimate of drug-likeness (QED) is 0.213. The number of nitrogens with two attached hydrogens (primary N) is 1. The molecule has 3 aromatic carbocycles. The van der Waals surface area contributed by atoms with Gasteiger partial charge in [-0.25, -0.2) is 0 Å². The zero-order valence-corrected chi connectivity index (χ0v) is 19.2. The first-order valence-electron chi connectivity index (χ1n) is 10.5. The average molecular weight is 432 g/mol. The third kappa shape index (κ3) is 7.14. The molecule has 160 valence electrons. The van der Waals surface area contributed by atoms with Gasteiger partial charge in [-0.3, -0.25) is 5.32 Å². The third-order valence-corrected chi connectivity index (χ3v) is 5.66. The number of hydrogen-bond acceptors (Lipinski definition) is 3. The molecule has 0 aromatic heterocycles. The van der Waals surface area contributed by atoms with Crippen molar-refractivity contribution in [3.63, 3.8) is 0 Å². The second-order valence-electron chi connectivity index (χ2n) is 7.94. The molecule has 0 saturated heterocycles. The standard InChI is InChI=1S/C27H30N2OS/c1-27(2,19-11-6-12-20-28-22-13-7-4-8-14-22)25-21-24(31-30-3)17-18-26(25)29-23-15-9-5-10-16-23/h4-18,20-21,28-29H,19H2,1-3H3/p+1/b11-6+,20-12+. The normalized spacial score (nSPS) is 12.0. The summed E-state index contributed by atoms with van der Waals surface area (Å²) >= 11 is 1.40. The highest BCUT2D eigenvalue weighted by atomic mass is 32.2. The Bertz CT molecular complexity index is 998. The van der Waals surface area contributed by atoms with Crippen LogP contribution in [0.5, 0.6) is 0 Å². The van der Waals surface area contributed by atoms with Gasteiger partial charge in [-0.2, -0.15) is 0 Å². The van der Waals surface area contributed by atoms with Crippen molar-refractivity contribution in [3.05, 3.63) is 109 Å². The number of nitrogens with one attached hydrogen (secondary N) is 1. The summed E-state index contributed by atoms with van der Waals surface area (Å²) in [7, 11) is 1.71. The molecule has 3 N–H and O–H groups in total. The number of rotatable bonds is 10. The molecule has 0 aliphatic heterocycles. The summed E-state index contributed by atoms with van der Waals surface area (Å²) in [5.41, 5.74) is 4.82. The first-order chi connectivity index (χ1) is 15.1. The summed E-state index contributed by atoms with van der Waals surface area (Å²) in [5, 5.41) is 5.53. The molecule has 3 aromatic rings. The molecule has 4 heteroatoms. The van der Waals surface area contributed by atoms with Crippen LogP contribution in [0.3, 0.4) is 0 Å². The number of allylic oxidation sites excluding steroid dienone is 3. The Balaban J connectivity index is 1.72. The molecular formula is C27H31N2OS+. The molecular weight excluding hydrogens is 400 g/mol. The topological polar surface area (TPSA) is 37.9 Å². The van der Waals surface area contributed by atoms with Gasteiger partial charge >= 0.3 is 0 Å².